The van der Waals surface area contributed by atoms with Crippen molar-refractivity contribution in [3.63, 3.8) is 0 Å². The fourth-order valence-corrected chi connectivity index (χ4v) is 2.36. The molecule has 1 aromatic carbocycles. The summed E-state index contributed by atoms with van der Waals surface area (Å²) in [5, 5.41) is 0. The predicted octanol–water partition coefficient (Wildman–Crippen LogP) is 4.79. The van der Waals surface area contributed by atoms with Crippen LogP contribution in [-0.2, 0) is 10.8 Å². The zero-order valence-corrected chi connectivity index (χ0v) is 14.9. The molecule has 0 heterocycles. The third kappa shape index (κ3) is 5.35. The molecule has 0 fully saturated rings. The van der Waals surface area contributed by atoms with Gasteiger partial charge >= 0.3 is 0 Å². The van der Waals surface area contributed by atoms with E-state index in [1.807, 2.05) is 0 Å². The average molecular weight is 291 g/mol. The highest BCUT2D eigenvalue weighted by molar-refractivity contribution is 5.43. The summed E-state index contributed by atoms with van der Waals surface area (Å²) in [6.07, 6.45) is 2.10. The van der Waals surface area contributed by atoms with Crippen molar-refractivity contribution in [2.45, 2.75) is 78.2 Å². The molecule has 0 aliphatic heterocycles. The van der Waals surface area contributed by atoms with Gasteiger partial charge in [-0.1, -0.05) is 67.0 Å². The fraction of sp³-hybridized carbons (Fsp3) is 0.684. The van der Waals surface area contributed by atoms with Crippen LogP contribution in [0.5, 0.6) is 5.75 Å². The molecule has 0 aliphatic carbocycles. The van der Waals surface area contributed by atoms with Crippen molar-refractivity contribution >= 4 is 0 Å². The third-order valence-electron chi connectivity index (χ3n) is 3.77. The molecule has 0 spiro atoms. The van der Waals surface area contributed by atoms with Crippen LogP contribution in [0.4, 0.5) is 0 Å². The molecule has 0 aliphatic rings. The third-order valence-corrected chi connectivity index (χ3v) is 3.77. The number of nitrogens with two attached hydrogens (primary N) is 1. The zero-order chi connectivity index (χ0) is 16.3. The molecular weight excluding hydrogens is 258 g/mol. The Morgan fingerprint density at radius 3 is 2.14 bits per heavy atom. The Hall–Kier alpha value is -1.02. The minimum Gasteiger partial charge on any atom is -0.492 e. The van der Waals surface area contributed by atoms with Crippen molar-refractivity contribution in [1.82, 2.24) is 0 Å². The second-order valence-corrected chi connectivity index (χ2v) is 8.07. The molecule has 0 radical (unpaired) electrons. The lowest BCUT2D eigenvalue weighted by atomic mass is 9.80. The molecule has 0 saturated heterocycles. The van der Waals surface area contributed by atoms with Crippen molar-refractivity contribution in [3.8, 4) is 5.75 Å². The molecule has 2 N–H and O–H groups in total. The maximum Gasteiger partial charge on any atom is 0.123 e. The molecule has 0 amide bonds. The molecule has 0 saturated carbocycles. The van der Waals surface area contributed by atoms with Crippen LogP contribution >= 0.6 is 0 Å². The lowest BCUT2D eigenvalue weighted by Gasteiger charge is -2.27. The van der Waals surface area contributed by atoms with Crippen molar-refractivity contribution in [1.29, 1.82) is 0 Å². The lowest BCUT2D eigenvalue weighted by Crippen LogP contribution is -2.28. The van der Waals surface area contributed by atoms with E-state index in [4.69, 9.17) is 10.5 Å². The summed E-state index contributed by atoms with van der Waals surface area (Å²) >= 11 is 0. The predicted molar refractivity (Wildman–Crippen MR) is 92.2 cm³/mol. The summed E-state index contributed by atoms with van der Waals surface area (Å²) in [6.45, 7) is 16.2. The summed E-state index contributed by atoms with van der Waals surface area (Å²) in [5.41, 5.74) is 8.88. The van der Waals surface area contributed by atoms with Crippen LogP contribution in [0.25, 0.3) is 0 Å². The van der Waals surface area contributed by atoms with Gasteiger partial charge in [-0.25, -0.2) is 0 Å². The monoisotopic (exact) mass is 291 g/mol. The van der Waals surface area contributed by atoms with Crippen molar-refractivity contribution < 1.29 is 4.74 Å². The van der Waals surface area contributed by atoms with E-state index < -0.39 is 0 Å². The van der Waals surface area contributed by atoms with Crippen molar-refractivity contribution in [2.75, 3.05) is 6.61 Å². The minimum absolute atomic E-state index is 0.0610. The van der Waals surface area contributed by atoms with E-state index in [-0.39, 0.29) is 16.9 Å². The average Bonchev–Trinajstić information content (AvgIpc) is 2.34. The first-order chi connectivity index (χ1) is 9.55. The Morgan fingerprint density at radius 1 is 1.05 bits per heavy atom. The number of hydrogen-bond acceptors (Lipinski definition) is 2. The Labute approximate surface area is 131 Å². The molecule has 2 heteroatoms. The largest absolute Gasteiger partial charge is 0.492 e. The zero-order valence-electron chi connectivity index (χ0n) is 14.9. The van der Waals surface area contributed by atoms with Crippen LogP contribution in [0.2, 0.25) is 0 Å². The number of hydrogen-bond donors (Lipinski definition) is 1. The normalized spacial score (nSPS) is 14.1. The van der Waals surface area contributed by atoms with Gasteiger partial charge in [-0.3, -0.25) is 0 Å². The van der Waals surface area contributed by atoms with E-state index in [1.54, 1.807) is 0 Å². The Morgan fingerprint density at radius 2 is 1.67 bits per heavy atom. The van der Waals surface area contributed by atoms with Gasteiger partial charge in [-0.2, -0.15) is 0 Å². The maximum absolute atomic E-state index is 6.07. The molecule has 1 unspecified atom stereocenters. The standard InChI is InChI=1S/C19H33NO/c1-8-9-15(20)13-21-17-11-10-14(18(2,3)4)12-16(17)19(5,6)7/h10-12,15H,8-9,13,20H2,1-7H3. The van der Waals surface area contributed by atoms with Gasteiger partial charge in [0.2, 0.25) is 0 Å². The Bertz CT molecular complexity index is 452. The van der Waals surface area contributed by atoms with Gasteiger partial charge in [0, 0.05) is 6.04 Å². The smallest absolute Gasteiger partial charge is 0.123 e. The summed E-state index contributed by atoms with van der Waals surface area (Å²) in [4.78, 5) is 0. The first-order valence-corrected chi connectivity index (χ1v) is 8.09. The Kier molecular flexibility index (Phi) is 5.86. The van der Waals surface area contributed by atoms with Crippen LogP contribution in [0, 0.1) is 0 Å². The minimum atomic E-state index is 0.0610. The molecule has 21 heavy (non-hydrogen) atoms. The quantitative estimate of drug-likeness (QED) is 0.846. The molecule has 2 nitrogen and oxygen atoms in total. The number of benzene rings is 1. The fourth-order valence-electron chi connectivity index (χ4n) is 2.36. The topological polar surface area (TPSA) is 35.2 Å². The van der Waals surface area contributed by atoms with E-state index in [1.165, 1.54) is 11.1 Å². The van der Waals surface area contributed by atoms with E-state index in [0.29, 0.717) is 6.61 Å². The first kappa shape index (κ1) is 18.0. The highest BCUT2D eigenvalue weighted by Gasteiger charge is 2.23. The maximum atomic E-state index is 6.07. The lowest BCUT2D eigenvalue weighted by molar-refractivity contribution is 0.275. The summed E-state index contributed by atoms with van der Waals surface area (Å²) in [7, 11) is 0. The van der Waals surface area contributed by atoms with E-state index in [0.717, 1.165) is 18.6 Å². The van der Waals surface area contributed by atoms with Crippen LogP contribution in [0.15, 0.2) is 18.2 Å². The Balaban J connectivity index is 3.04. The number of rotatable bonds is 5. The van der Waals surface area contributed by atoms with E-state index in [2.05, 4.69) is 66.7 Å². The molecule has 120 valence electrons. The highest BCUT2D eigenvalue weighted by atomic mass is 16.5. The summed E-state index contributed by atoms with van der Waals surface area (Å²) < 4.78 is 6.02. The second-order valence-electron chi connectivity index (χ2n) is 8.07. The van der Waals surface area contributed by atoms with Crippen LogP contribution in [0.1, 0.15) is 72.4 Å². The van der Waals surface area contributed by atoms with Gasteiger partial charge < -0.3 is 10.5 Å². The van der Waals surface area contributed by atoms with Crippen LogP contribution in [0.3, 0.4) is 0 Å². The van der Waals surface area contributed by atoms with Gasteiger partial charge in [0.25, 0.3) is 0 Å². The molecule has 0 bridgehead atoms. The molecule has 1 aromatic rings. The molecule has 0 aromatic heterocycles. The van der Waals surface area contributed by atoms with E-state index >= 15 is 0 Å². The first-order valence-electron chi connectivity index (χ1n) is 8.09. The summed E-state index contributed by atoms with van der Waals surface area (Å²) in [5.74, 6) is 0.974. The van der Waals surface area contributed by atoms with Crippen molar-refractivity contribution in [2.24, 2.45) is 5.73 Å². The van der Waals surface area contributed by atoms with Gasteiger partial charge in [-0.05, 0) is 34.4 Å². The van der Waals surface area contributed by atoms with Crippen LogP contribution in [-0.4, -0.2) is 12.6 Å². The van der Waals surface area contributed by atoms with Gasteiger partial charge in [-0.15, -0.1) is 0 Å². The molecular formula is C19H33NO. The van der Waals surface area contributed by atoms with Crippen LogP contribution < -0.4 is 10.5 Å². The number of ether oxygens (including phenoxy) is 1. The van der Waals surface area contributed by atoms with Gasteiger partial charge in [0.05, 0.1) is 0 Å². The van der Waals surface area contributed by atoms with Gasteiger partial charge in [0.15, 0.2) is 0 Å². The second kappa shape index (κ2) is 6.83. The van der Waals surface area contributed by atoms with Gasteiger partial charge in [0.1, 0.15) is 12.4 Å². The van der Waals surface area contributed by atoms with E-state index in [9.17, 15) is 0 Å². The van der Waals surface area contributed by atoms with Crippen molar-refractivity contribution in [3.05, 3.63) is 29.3 Å². The summed E-state index contributed by atoms with van der Waals surface area (Å²) in [6, 6.07) is 6.70. The molecule has 1 atom stereocenters. The molecule has 1 rings (SSSR count). The SMILES string of the molecule is CCCC(N)COc1ccc(C(C)(C)C)cc1C(C)(C)C. The highest BCUT2D eigenvalue weighted by Crippen LogP contribution is 2.35.